The van der Waals surface area contributed by atoms with Gasteiger partial charge in [0.05, 0.1) is 17.8 Å². The molecule has 0 aliphatic heterocycles. The molecule has 1 heterocycles. The molecule has 0 fully saturated rings. The van der Waals surface area contributed by atoms with Crippen LogP contribution in [0.1, 0.15) is 16.3 Å². The van der Waals surface area contributed by atoms with E-state index in [1.54, 1.807) is 14.0 Å². The Morgan fingerprint density at radius 2 is 2.32 bits per heavy atom. The molecule has 2 aromatic rings. The molecule has 2 N–H and O–H groups in total. The van der Waals surface area contributed by atoms with Crippen molar-refractivity contribution in [2.75, 3.05) is 12.4 Å². The highest BCUT2D eigenvalue weighted by Crippen LogP contribution is 2.26. The fourth-order valence-corrected chi connectivity index (χ4v) is 2.69. The van der Waals surface area contributed by atoms with Gasteiger partial charge in [-0.1, -0.05) is 12.1 Å². The minimum absolute atomic E-state index is 0.574. The Kier molecular flexibility index (Phi) is 4.01. The number of hydrogen-bond acceptors (Lipinski definition) is 4. The lowest BCUT2D eigenvalue weighted by Gasteiger charge is -2.02. The molecule has 1 amide bonds. The van der Waals surface area contributed by atoms with Crippen molar-refractivity contribution >= 4 is 22.4 Å². The third-order valence-electron chi connectivity index (χ3n) is 2.55. The van der Waals surface area contributed by atoms with Gasteiger partial charge < -0.3 is 9.84 Å². The number of aromatic nitrogens is 1. The highest BCUT2D eigenvalue weighted by atomic mass is 32.1. The zero-order valence-electron chi connectivity index (χ0n) is 10.6. The topological polar surface area (TPSA) is 71.5 Å². The molecule has 0 saturated heterocycles. The largest absolute Gasteiger partial charge is 0.497 e. The summed E-state index contributed by atoms with van der Waals surface area (Å²) in [5.74, 6) is 0.801. The summed E-state index contributed by atoms with van der Waals surface area (Å²) in [6.45, 7) is 1.79. The highest BCUT2D eigenvalue weighted by molar-refractivity contribution is 7.16. The van der Waals surface area contributed by atoms with E-state index in [1.165, 1.54) is 11.3 Å². The lowest BCUT2D eigenvalue weighted by atomic mass is 10.1. The SMILES string of the molecule is COc1cccc(Cc2nc(C)c(NC(=O)O)s2)c1. The lowest BCUT2D eigenvalue weighted by Crippen LogP contribution is -2.06. The van der Waals surface area contributed by atoms with Gasteiger partial charge in [-0.15, -0.1) is 11.3 Å². The third kappa shape index (κ3) is 3.45. The minimum Gasteiger partial charge on any atom is -0.497 e. The number of thiazole rings is 1. The van der Waals surface area contributed by atoms with Gasteiger partial charge in [0.1, 0.15) is 10.8 Å². The van der Waals surface area contributed by atoms with E-state index >= 15 is 0 Å². The molecule has 0 spiro atoms. The third-order valence-corrected chi connectivity index (χ3v) is 3.62. The van der Waals surface area contributed by atoms with E-state index in [0.29, 0.717) is 17.1 Å². The van der Waals surface area contributed by atoms with Gasteiger partial charge in [-0.25, -0.2) is 9.78 Å². The Labute approximate surface area is 114 Å². The first kappa shape index (κ1) is 13.4. The molecule has 6 heteroatoms. The van der Waals surface area contributed by atoms with E-state index in [2.05, 4.69) is 10.3 Å². The molecule has 100 valence electrons. The van der Waals surface area contributed by atoms with Crippen molar-refractivity contribution in [1.29, 1.82) is 0 Å². The van der Waals surface area contributed by atoms with Crippen molar-refractivity contribution in [3.05, 3.63) is 40.5 Å². The van der Waals surface area contributed by atoms with Crippen LogP contribution in [0.5, 0.6) is 5.75 Å². The predicted molar refractivity (Wildman–Crippen MR) is 74.3 cm³/mol. The zero-order valence-corrected chi connectivity index (χ0v) is 11.5. The Morgan fingerprint density at radius 3 is 3.00 bits per heavy atom. The summed E-state index contributed by atoms with van der Waals surface area (Å²) in [4.78, 5) is 15.0. The van der Waals surface area contributed by atoms with E-state index in [1.807, 2.05) is 24.3 Å². The number of carboxylic acid groups (broad SMARTS) is 1. The summed E-state index contributed by atoms with van der Waals surface area (Å²) >= 11 is 1.35. The van der Waals surface area contributed by atoms with Crippen LogP contribution in [0, 0.1) is 6.92 Å². The van der Waals surface area contributed by atoms with Crippen LogP contribution in [0.25, 0.3) is 0 Å². The van der Waals surface area contributed by atoms with Crippen molar-refractivity contribution < 1.29 is 14.6 Å². The summed E-state index contributed by atoms with van der Waals surface area (Å²) in [5, 5.41) is 12.5. The van der Waals surface area contributed by atoms with Crippen molar-refractivity contribution in [2.45, 2.75) is 13.3 Å². The van der Waals surface area contributed by atoms with E-state index in [9.17, 15) is 4.79 Å². The second kappa shape index (κ2) is 5.71. The number of benzene rings is 1. The second-order valence-electron chi connectivity index (χ2n) is 3.98. The summed E-state index contributed by atoms with van der Waals surface area (Å²) in [7, 11) is 1.63. The molecule has 19 heavy (non-hydrogen) atoms. The summed E-state index contributed by atoms with van der Waals surface area (Å²) in [6.07, 6.45) is -0.413. The van der Waals surface area contributed by atoms with Crippen LogP contribution in [0.15, 0.2) is 24.3 Å². The van der Waals surface area contributed by atoms with Crippen LogP contribution in [-0.4, -0.2) is 23.3 Å². The van der Waals surface area contributed by atoms with E-state index in [4.69, 9.17) is 9.84 Å². The zero-order chi connectivity index (χ0) is 13.8. The summed E-state index contributed by atoms with van der Waals surface area (Å²) < 4.78 is 5.17. The summed E-state index contributed by atoms with van der Waals surface area (Å²) in [5.41, 5.74) is 1.78. The molecule has 0 aliphatic rings. The quantitative estimate of drug-likeness (QED) is 0.901. The molecule has 0 aliphatic carbocycles. The van der Waals surface area contributed by atoms with Crippen molar-refractivity contribution in [1.82, 2.24) is 4.98 Å². The molecule has 5 nitrogen and oxygen atoms in total. The van der Waals surface area contributed by atoms with Crippen LogP contribution in [0.4, 0.5) is 9.80 Å². The Bertz CT molecular complexity index is 595. The van der Waals surface area contributed by atoms with Crippen molar-refractivity contribution in [3.63, 3.8) is 0 Å². The average Bonchev–Trinajstić information content (AvgIpc) is 2.69. The number of anilines is 1. The molecule has 0 bridgehead atoms. The first-order valence-corrected chi connectivity index (χ1v) is 6.49. The number of ether oxygens (including phenoxy) is 1. The number of hydrogen-bond donors (Lipinski definition) is 2. The first-order valence-electron chi connectivity index (χ1n) is 5.67. The molecular formula is C13H14N2O3S. The Balaban J connectivity index is 2.16. The monoisotopic (exact) mass is 278 g/mol. The van der Waals surface area contributed by atoms with E-state index < -0.39 is 6.09 Å². The van der Waals surface area contributed by atoms with Crippen LogP contribution in [0.2, 0.25) is 0 Å². The number of methoxy groups -OCH3 is 1. The number of aryl methyl sites for hydroxylation is 1. The lowest BCUT2D eigenvalue weighted by molar-refractivity contribution is 0.210. The van der Waals surface area contributed by atoms with E-state index in [0.717, 1.165) is 16.3 Å². The van der Waals surface area contributed by atoms with Gasteiger partial charge in [0.25, 0.3) is 0 Å². The number of carbonyl (C=O) groups is 1. The van der Waals surface area contributed by atoms with Gasteiger partial charge in [0.2, 0.25) is 0 Å². The molecule has 2 rings (SSSR count). The number of amides is 1. The molecule has 0 atom stereocenters. The Morgan fingerprint density at radius 1 is 1.53 bits per heavy atom. The van der Waals surface area contributed by atoms with Gasteiger partial charge in [-0.3, -0.25) is 5.32 Å². The van der Waals surface area contributed by atoms with Crippen LogP contribution in [-0.2, 0) is 6.42 Å². The maximum Gasteiger partial charge on any atom is 0.409 e. The average molecular weight is 278 g/mol. The molecular weight excluding hydrogens is 264 g/mol. The molecule has 0 unspecified atom stereocenters. The van der Waals surface area contributed by atoms with Crippen molar-refractivity contribution in [2.24, 2.45) is 0 Å². The fourth-order valence-electron chi connectivity index (χ4n) is 1.70. The van der Waals surface area contributed by atoms with Gasteiger partial charge in [-0.2, -0.15) is 0 Å². The number of rotatable bonds is 4. The Hall–Kier alpha value is -2.08. The van der Waals surface area contributed by atoms with E-state index in [-0.39, 0.29) is 0 Å². The van der Waals surface area contributed by atoms with Crippen LogP contribution in [0.3, 0.4) is 0 Å². The maximum atomic E-state index is 10.6. The van der Waals surface area contributed by atoms with Gasteiger partial charge in [0.15, 0.2) is 0 Å². The molecule has 0 radical (unpaired) electrons. The smallest absolute Gasteiger partial charge is 0.409 e. The fraction of sp³-hybridized carbons (Fsp3) is 0.231. The van der Waals surface area contributed by atoms with Crippen LogP contribution < -0.4 is 10.1 Å². The minimum atomic E-state index is -1.07. The second-order valence-corrected chi connectivity index (χ2v) is 5.06. The summed E-state index contributed by atoms with van der Waals surface area (Å²) in [6, 6.07) is 7.74. The maximum absolute atomic E-state index is 10.6. The van der Waals surface area contributed by atoms with Gasteiger partial charge in [0, 0.05) is 6.42 Å². The standard InChI is InChI=1S/C13H14N2O3S/c1-8-12(15-13(16)17)19-11(14-8)7-9-4-3-5-10(6-9)18-2/h3-6,15H,7H2,1-2H3,(H,16,17). The van der Waals surface area contributed by atoms with Gasteiger partial charge >= 0.3 is 6.09 Å². The van der Waals surface area contributed by atoms with Crippen molar-refractivity contribution in [3.8, 4) is 5.75 Å². The molecule has 1 aromatic carbocycles. The number of nitrogens with zero attached hydrogens (tertiary/aromatic N) is 1. The molecule has 0 saturated carbocycles. The highest BCUT2D eigenvalue weighted by Gasteiger charge is 2.10. The normalized spacial score (nSPS) is 10.2. The first-order chi connectivity index (χ1) is 9.08. The van der Waals surface area contributed by atoms with Gasteiger partial charge in [-0.05, 0) is 24.6 Å². The molecule has 1 aromatic heterocycles. The number of nitrogens with one attached hydrogen (secondary N) is 1. The predicted octanol–water partition coefficient (Wildman–Crippen LogP) is 3.14. The van der Waals surface area contributed by atoms with Crippen LogP contribution >= 0.6 is 11.3 Å².